The molecule has 0 saturated heterocycles. The van der Waals surface area contributed by atoms with E-state index in [0.717, 1.165) is 0 Å². The molecule has 0 unspecified atom stereocenters. The van der Waals surface area contributed by atoms with Crippen molar-refractivity contribution in [3.8, 4) is 6.07 Å². The Morgan fingerprint density at radius 1 is 0.500 bits per heavy atom. The lowest BCUT2D eigenvalue weighted by Crippen LogP contribution is -2.74. The molecule has 1 aromatic heterocycles. The van der Waals surface area contributed by atoms with Crippen molar-refractivity contribution in [2.45, 2.75) is 0 Å². The van der Waals surface area contributed by atoms with Crippen molar-refractivity contribution in [3.05, 3.63) is 151 Å². The van der Waals surface area contributed by atoms with Crippen LogP contribution in [0.5, 0.6) is 0 Å². The average Bonchev–Trinajstić information content (AvgIpc) is 2.93. The van der Waals surface area contributed by atoms with Gasteiger partial charge in [-0.2, -0.15) is 27.1 Å². The molecule has 0 spiro atoms. The fourth-order valence-corrected chi connectivity index (χ4v) is 4.70. The summed E-state index contributed by atoms with van der Waals surface area (Å²) in [4.78, 5) is 0. The first kappa shape index (κ1) is 22.8. The molecule has 5 aromatic rings. The molecule has 34 heavy (non-hydrogen) atoms. The Morgan fingerprint density at radius 3 is 1.06 bits per heavy atom. The number of hydrogen-bond donors (Lipinski definition) is 0. The van der Waals surface area contributed by atoms with Crippen molar-refractivity contribution in [1.29, 1.82) is 5.26 Å². The minimum atomic E-state index is -1.22. The quantitative estimate of drug-likeness (QED) is 0.312. The summed E-state index contributed by atoms with van der Waals surface area (Å²) in [5.41, 5.74) is 6.06. The Kier molecular flexibility index (Phi) is 7.33. The number of aryl methyl sites for hydroxylation is 1. The van der Waals surface area contributed by atoms with Crippen LogP contribution in [0, 0.1) is 11.3 Å². The first-order chi connectivity index (χ1) is 16.7. The van der Waals surface area contributed by atoms with E-state index in [9.17, 15) is 0 Å². The minimum absolute atomic E-state index is 0.702. The van der Waals surface area contributed by atoms with Gasteiger partial charge in [0.15, 0.2) is 12.4 Å². The smallest absolute Gasteiger partial charge is 0.169 e. The molecule has 0 amide bonds. The highest BCUT2D eigenvalue weighted by molar-refractivity contribution is 7.19. The van der Waals surface area contributed by atoms with Crippen LogP contribution in [0.1, 0.15) is 5.56 Å². The van der Waals surface area contributed by atoms with Gasteiger partial charge in [-0.15, -0.1) is 0 Å². The van der Waals surface area contributed by atoms with Gasteiger partial charge < -0.3 is 0 Å². The molecular weight excluding hydrogens is 411 g/mol. The van der Waals surface area contributed by atoms with Crippen LogP contribution in [-0.4, -0.2) is 6.15 Å². The Morgan fingerprint density at radius 2 is 0.794 bits per heavy atom. The molecule has 164 valence electrons. The standard InChI is InChI=1S/C24H20B.C7H7N2/c1-5-13-21(14-6-1)25(22-15-7-2-8-16-22,23-17-9-3-10-18-23)24-19-11-4-12-20-24;1-9-4-2-7(6-8)3-5-9/h1-20H;2-5H,1H3/q-1;+1. The summed E-state index contributed by atoms with van der Waals surface area (Å²) < 4.78 is 1.89. The third kappa shape index (κ3) is 4.82. The Balaban J connectivity index is 0.000000257. The first-order valence-corrected chi connectivity index (χ1v) is 11.5. The van der Waals surface area contributed by atoms with E-state index in [1.807, 2.05) is 30.1 Å². The van der Waals surface area contributed by atoms with Crippen molar-refractivity contribution in [3.63, 3.8) is 0 Å². The first-order valence-electron chi connectivity index (χ1n) is 11.5. The molecule has 4 aromatic carbocycles. The van der Waals surface area contributed by atoms with Gasteiger partial charge in [0.1, 0.15) is 13.2 Å². The van der Waals surface area contributed by atoms with Crippen molar-refractivity contribution in [1.82, 2.24) is 0 Å². The highest BCUT2D eigenvalue weighted by atomic mass is 14.9. The second kappa shape index (κ2) is 10.9. The zero-order chi connectivity index (χ0) is 23.6. The van der Waals surface area contributed by atoms with Crippen LogP contribution in [0.15, 0.2) is 146 Å². The fourth-order valence-electron chi connectivity index (χ4n) is 4.70. The highest BCUT2D eigenvalue weighted by Gasteiger charge is 2.30. The molecule has 3 heteroatoms. The molecule has 0 N–H and O–H groups in total. The predicted molar refractivity (Wildman–Crippen MR) is 142 cm³/mol. The summed E-state index contributed by atoms with van der Waals surface area (Å²) in [7, 11) is 1.92. The topological polar surface area (TPSA) is 27.7 Å². The Labute approximate surface area is 202 Å². The molecule has 0 saturated carbocycles. The maximum Gasteiger partial charge on any atom is 0.169 e. The monoisotopic (exact) mass is 438 g/mol. The molecule has 0 aliphatic carbocycles. The van der Waals surface area contributed by atoms with E-state index < -0.39 is 6.15 Å². The highest BCUT2D eigenvalue weighted by Crippen LogP contribution is 2.09. The Bertz CT molecular complexity index is 1170. The summed E-state index contributed by atoms with van der Waals surface area (Å²) >= 11 is 0. The van der Waals surface area contributed by atoms with Crippen LogP contribution in [0.2, 0.25) is 0 Å². The molecule has 1 heterocycles. The summed E-state index contributed by atoms with van der Waals surface area (Å²) in [6.07, 6.45) is 2.48. The second-order valence-corrected chi connectivity index (χ2v) is 8.37. The van der Waals surface area contributed by atoms with Gasteiger partial charge in [0.2, 0.25) is 0 Å². The van der Waals surface area contributed by atoms with Crippen LogP contribution in [0.25, 0.3) is 0 Å². The summed E-state index contributed by atoms with van der Waals surface area (Å²) in [5, 5.41) is 8.37. The molecule has 0 aliphatic rings. The van der Waals surface area contributed by atoms with Gasteiger partial charge >= 0.3 is 0 Å². The van der Waals surface area contributed by atoms with E-state index in [0.29, 0.717) is 5.56 Å². The van der Waals surface area contributed by atoms with E-state index >= 15 is 0 Å². The third-order valence-corrected chi connectivity index (χ3v) is 6.31. The summed E-state index contributed by atoms with van der Waals surface area (Å²) in [6.45, 7) is 0. The predicted octanol–water partition coefficient (Wildman–Crippen LogP) is 3.45. The van der Waals surface area contributed by atoms with Crippen LogP contribution in [0.3, 0.4) is 0 Å². The van der Waals surface area contributed by atoms with E-state index in [4.69, 9.17) is 5.26 Å². The molecule has 2 nitrogen and oxygen atoms in total. The number of aromatic nitrogens is 1. The largest absolute Gasteiger partial charge is 0.208 e. The number of hydrogen-bond acceptors (Lipinski definition) is 1. The molecular formula is C31H27BN2. The second-order valence-electron chi connectivity index (χ2n) is 8.37. The van der Waals surface area contributed by atoms with Crippen molar-refractivity contribution < 1.29 is 4.57 Å². The lowest BCUT2D eigenvalue weighted by molar-refractivity contribution is -0.671. The maximum atomic E-state index is 8.37. The maximum absolute atomic E-state index is 8.37. The van der Waals surface area contributed by atoms with Crippen LogP contribution >= 0.6 is 0 Å². The van der Waals surface area contributed by atoms with Crippen molar-refractivity contribution in [2.24, 2.45) is 7.05 Å². The van der Waals surface area contributed by atoms with Crippen LogP contribution in [0.4, 0.5) is 0 Å². The Hall–Kier alpha value is -4.42. The van der Waals surface area contributed by atoms with Gasteiger partial charge in [-0.1, -0.05) is 121 Å². The van der Waals surface area contributed by atoms with E-state index in [1.54, 1.807) is 12.1 Å². The molecule has 0 atom stereocenters. The lowest BCUT2D eigenvalue weighted by atomic mass is 9.13. The van der Waals surface area contributed by atoms with Gasteiger partial charge in [-0.25, -0.2) is 4.57 Å². The van der Waals surface area contributed by atoms with E-state index in [1.165, 1.54) is 21.9 Å². The summed E-state index contributed by atoms with van der Waals surface area (Å²) in [5.74, 6) is 0. The zero-order valence-corrected chi connectivity index (χ0v) is 19.3. The number of rotatable bonds is 4. The zero-order valence-electron chi connectivity index (χ0n) is 19.3. The normalized spacial score (nSPS) is 10.5. The van der Waals surface area contributed by atoms with Gasteiger partial charge in [-0.3, -0.25) is 0 Å². The van der Waals surface area contributed by atoms with E-state index in [-0.39, 0.29) is 0 Å². The number of pyridine rings is 1. The lowest BCUT2D eigenvalue weighted by Gasteiger charge is -2.44. The van der Waals surface area contributed by atoms with Gasteiger partial charge in [-0.05, 0) is 0 Å². The number of nitriles is 1. The molecule has 5 rings (SSSR count). The molecule has 0 fully saturated rings. The van der Waals surface area contributed by atoms with Crippen LogP contribution < -0.4 is 26.4 Å². The minimum Gasteiger partial charge on any atom is -0.208 e. The van der Waals surface area contributed by atoms with Gasteiger partial charge in [0.05, 0.1) is 11.6 Å². The molecule has 0 bridgehead atoms. The summed E-state index contributed by atoms with van der Waals surface area (Å²) in [6, 6.07) is 49.1. The number of benzene rings is 4. The van der Waals surface area contributed by atoms with E-state index in [2.05, 4.69) is 121 Å². The van der Waals surface area contributed by atoms with Gasteiger partial charge in [0.25, 0.3) is 0 Å². The fraction of sp³-hybridized carbons (Fsp3) is 0.0323. The SMILES string of the molecule is C[n+]1ccc(C#N)cc1.c1ccc([B-](c2ccccc2)(c2ccccc2)c2ccccc2)cc1. The van der Waals surface area contributed by atoms with Crippen molar-refractivity contribution >= 4 is 28.0 Å². The molecule has 0 aliphatic heterocycles. The molecule has 0 radical (unpaired) electrons. The van der Waals surface area contributed by atoms with Crippen molar-refractivity contribution in [2.75, 3.05) is 0 Å². The van der Waals surface area contributed by atoms with Gasteiger partial charge in [0, 0.05) is 12.1 Å². The average molecular weight is 438 g/mol. The third-order valence-electron chi connectivity index (χ3n) is 6.31. The number of nitrogens with zero attached hydrogens (tertiary/aromatic N) is 2. The van der Waals surface area contributed by atoms with Crippen LogP contribution in [-0.2, 0) is 7.05 Å².